The Kier molecular flexibility index (Phi) is 4.10. The van der Waals surface area contributed by atoms with Crippen molar-refractivity contribution in [1.29, 1.82) is 0 Å². The summed E-state index contributed by atoms with van der Waals surface area (Å²) in [6, 6.07) is 12.2. The molecule has 0 aliphatic carbocycles. The van der Waals surface area contributed by atoms with Crippen LogP contribution in [0.5, 0.6) is 17.2 Å². The molecule has 3 aromatic rings. The Morgan fingerprint density at radius 3 is 2.92 bits per heavy atom. The maximum absolute atomic E-state index is 12.7. The molecule has 1 N–H and O–H groups in total. The minimum atomic E-state index is -0.296. The highest BCUT2D eigenvalue weighted by Crippen LogP contribution is 2.34. The number of hydrogen-bond acceptors (Lipinski definition) is 7. The van der Waals surface area contributed by atoms with Crippen LogP contribution in [0.25, 0.3) is 0 Å². The summed E-state index contributed by atoms with van der Waals surface area (Å²) in [5.41, 5.74) is 1.01. The second-order valence-corrected chi connectivity index (χ2v) is 5.53. The number of anilines is 1. The van der Waals surface area contributed by atoms with E-state index in [-0.39, 0.29) is 19.3 Å². The van der Waals surface area contributed by atoms with Crippen LogP contribution in [0.1, 0.15) is 16.2 Å². The molecule has 9 nitrogen and oxygen atoms in total. The molecule has 1 aromatic heterocycles. The zero-order valence-electron chi connectivity index (χ0n) is 13.9. The zero-order chi connectivity index (χ0) is 17.9. The van der Waals surface area contributed by atoms with Gasteiger partial charge < -0.3 is 19.5 Å². The van der Waals surface area contributed by atoms with Gasteiger partial charge in [0, 0.05) is 18.8 Å². The molecule has 26 heavy (non-hydrogen) atoms. The summed E-state index contributed by atoms with van der Waals surface area (Å²) < 4.78 is 17.8. The van der Waals surface area contributed by atoms with Crippen molar-refractivity contribution in [2.24, 2.45) is 7.05 Å². The molecule has 0 fully saturated rings. The van der Waals surface area contributed by atoms with Gasteiger partial charge in [-0.3, -0.25) is 4.79 Å². The van der Waals surface area contributed by atoms with Gasteiger partial charge in [0.1, 0.15) is 12.4 Å². The van der Waals surface area contributed by atoms with E-state index in [1.807, 2.05) is 0 Å². The SMILES string of the molecule is Cn1nnnc1COc1ccccc1C(=O)Nc1ccc2c(c1)OCO2. The van der Waals surface area contributed by atoms with E-state index in [2.05, 4.69) is 20.8 Å². The Bertz CT molecular complexity index is 956. The Morgan fingerprint density at radius 2 is 2.08 bits per heavy atom. The summed E-state index contributed by atoms with van der Waals surface area (Å²) in [4.78, 5) is 12.7. The van der Waals surface area contributed by atoms with Gasteiger partial charge in [-0.05, 0) is 34.7 Å². The van der Waals surface area contributed by atoms with Gasteiger partial charge in [-0.1, -0.05) is 12.1 Å². The lowest BCUT2D eigenvalue weighted by molar-refractivity contribution is 0.102. The van der Waals surface area contributed by atoms with Crippen LogP contribution >= 0.6 is 0 Å². The number of fused-ring (bicyclic) bond motifs is 1. The first-order valence-corrected chi connectivity index (χ1v) is 7.85. The molecule has 0 radical (unpaired) electrons. The number of carbonyl (C=O) groups is 1. The third-order valence-corrected chi connectivity index (χ3v) is 3.83. The van der Waals surface area contributed by atoms with Gasteiger partial charge in [0.15, 0.2) is 17.3 Å². The lowest BCUT2D eigenvalue weighted by atomic mass is 10.1. The average Bonchev–Trinajstić information content (AvgIpc) is 3.28. The normalized spacial score (nSPS) is 12.0. The van der Waals surface area contributed by atoms with Gasteiger partial charge in [-0.15, -0.1) is 5.10 Å². The van der Waals surface area contributed by atoms with Crippen LogP contribution in [0.2, 0.25) is 0 Å². The van der Waals surface area contributed by atoms with Crippen molar-refractivity contribution in [3.63, 3.8) is 0 Å². The van der Waals surface area contributed by atoms with E-state index < -0.39 is 0 Å². The molecule has 0 atom stereocenters. The molecule has 4 rings (SSSR count). The first-order valence-electron chi connectivity index (χ1n) is 7.85. The van der Waals surface area contributed by atoms with Crippen LogP contribution in [0.4, 0.5) is 5.69 Å². The van der Waals surface area contributed by atoms with Crippen LogP contribution in [-0.4, -0.2) is 32.9 Å². The van der Waals surface area contributed by atoms with Gasteiger partial charge in [0.2, 0.25) is 6.79 Å². The summed E-state index contributed by atoms with van der Waals surface area (Å²) in [5.74, 6) is 1.95. The number of rotatable bonds is 5. The molecule has 0 saturated heterocycles. The highest BCUT2D eigenvalue weighted by atomic mass is 16.7. The Labute approximate surface area is 148 Å². The molecule has 0 bridgehead atoms. The molecule has 2 heterocycles. The Morgan fingerprint density at radius 1 is 1.23 bits per heavy atom. The quantitative estimate of drug-likeness (QED) is 0.746. The second kappa shape index (κ2) is 6.71. The third-order valence-electron chi connectivity index (χ3n) is 3.83. The van der Waals surface area contributed by atoms with E-state index in [4.69, 9.17) is 14.2 Å². The molecule has 0 saturated carbocycles. The summed E-state index contributed by atoms with van der Waals surface area (Å²) in [6.45, 7) is 0.331. The molecular formula is C17H15N5O4. The van der Waals surface area contributed by atoms with E-state index in [0.717, 1.165) is 0 Å². The van der Waals surface area contributed by atoms with Crippen molar-refractivity contribution in [3.05, 3.63) is 53.9 Å². The van der Waals surface area contributed by atoms with Crippen LogP contribution in [0.3, 0.4) is 0 Å². The van der Waals surface area contributed by atoms with Crippen molar-refractivity contribution >= 4 is 11.6 Å². The van der Waals surface area contributed by atoms with Gasteiger partial charge in [-0.2, -0.15) is 0 Å². The predicted molar refractivity (Wildman–Crippen MR) is 90.1 cm³/mol. The third kappa shape index (κ3) is 3.14. The van der Waals surface area contributed by atoms with Crippen molar-refractivity contribution in [2.75, 3.05) is 12.1 Å². The number of nitrogens with one attached hydrogen (secondary N) is 1. The maximum Gasteiger partial charge on any atom is 0.259 e. The molecule has 0 unspecified atom stereocenters. The standard InChI is InChI=1S/C17H15N5O4/c1-22-16(19-20-21-22)9-24-13-5-3-2-4-12(13)17(23)18-11-6-7-14-15(8-11)26-10-25-14/h2-8H,9-10H2,1H3,(H,18,23). The number of nitrogens with zero attached hydrogens (tertiary/aromatic N) is 4. The smallest absolute Gasteiger partial charge is 0.259 e. The number of benzene rings is 2. The number of aromatic nitrogens is 4. The molecule has 9 heteroatoms. The molecule has 1 aliphatic heterocycles. The van der Waals surface area contributed by atoms with Gasteiger partial charge >= 0.3 is 0 Å². The second-order valence-electron chi connectivity index (χ2n) is 5.53. The van der Waals surface area contributed by atoms with Crippen LogP contribution in [-0.2, 0) is 13.7 Å². The highest BCUT2D eigenvalue weighted by molar-refractivity contribution is 6.06. The molecule has 132 valence electrons. The number of hydrogen-bond donors (Lipinski definition) is 1. The molecule has 0 spiro atoms. The van der Waals surface area contributed by atoms with E-state index in [0.29, 0.717) is 34.3 Å². The van der Waals surface area contributed by atoms with Crippen LogP contribution < -0.4 is 19.5 Å². The molecule has 1 amide bonds. The van der Waals surface area contributed by atoms with Crippen molar-refractivity contribution < 1.29 is 19.0 Å². The minimum absolute atomic E-state index is 0.151. The predicted octanol–water partition coefficient (Wildman–Crippen LogP) is 1.77. The van der Waals surface area contributed by atoms with Gasteiger partial charge in [-0.25, -0.2) is 4.68 Å². The van der Waals surface area contributed by atoms with Gasteiger partial charge in [0.25, 0.3) is 5.91 Å². The van der Waals surface area contributed by atoms with Crippen LogP contribution in [0, 0.1) is 0 Å². The highest BCUT2D eigenvalue weighted by Gasteiger charge is 2.17. The van der Waals surface area contributed by atoms with E-state index in [1.165, 1.54) is 4.68 Å². The molecular weight excluding hydrogens is 338 g/mol. The fraction of sp³-hybridized carbons (Fsp3) is 0.176. The number of tetrazole rings is 1. The van der Waals surface area contributed by atoms with E-state index >= 15 is 0 Å². The minimum Gasteiger partial charge on any atom is -0.485 e. The van der Waals surface area contributed by atoms with Crippen molar-refractivity contribution in [2.45, 2.75) is 6.61 Å². The fourth-order valence-electron chi connectivity index (χ4n) is 2.47. The number of aryl methyl sites for hydroxylation is 1. The lowest BCUT2D eigenvalue weighted by Crippen LogP contribution is -2.14. The summed E-state index contributed by atoms with van der Waals surface area (Å²) >= 11 is 0. The van der Waals surface area contributed by atoms with E-state index in [9.17, 15) is 4.79 Å². The summed E-state index contributed by atoms with van der Waals surface area (Å²) in [6.07, 6.45) is 0. The summed E-state index contributed by atoms with van der Waals surface area (Å²) in [5, 5.41) is 14.0. The van der Waals surface area contributed by atoms with Gasteiger partial charge in [0.05, 0.1) is 5.56 Å². The molecule has 1 aliphatic rings. The average molecular weight is 353 g/mol. The maximum atomic E-state index is 12.7. The monoisotopic (exact) mass is 353 g/mol. The molecule has 2 aromatic carbocycles. The van der Waals surface area contributed by atoms with Crippen LogP contribution in [0.15, 0.2) is 42.5 Å². The Balaban J connectivity index is 1.50. The summed E-state index contributed by atoms with van der Waals surface area (Å²) in [7, 11) is 1.72. The largest absolute Gasteiger partial charge is 0.485 e. The first kappa shape index (κ1) is 15.9. The van der Waals surface area contributed by atoms with E-state index in [1.54, 1.807) is 49.5 Å². The number of carbonyl (C=O) groups excluding carboxylic acids is 1. The van der Waals surface area contributed by atoms with Crippen molar-refractivity contribution in [1.82, 2.24) is 20.2 Å². The number of amides is 1. The zero-order valence-corrected chi connectivity index (χ0v) is 13.9. The topological polar surface area (TPSA) is 100 Å². The van der Waals surface area contributed by atoms with Crippen molar-refractivity contribution in [3.8, 4) is 17.2 Å². The first-order chi connectivity index (χ1) is 12.7. The number of ether oxygens (including phenoxy) is 3. The fourth-order valence-corrected chi connectivity index (χ4v) is 2.47. The number of para-hydroxylation sites is 1. The Hall–Kier alpha value is -3.62. The lowest BCUT2D eigenvalue weighted by Gasteiger charge is -2.11.